The van der Waals surface area contributed by atoms with E-state index in [2.05, 4.69) is 6.07 Å². The van der Waals surface area contributed by atoms with E-state index in [0.717, 1.165) is 5.56 Å². The predicted molar refractivity (Wildman–Crippen MR) is 45.0 cm³/mol. The molecule has 0 saturated carbocycles. The van der Waals surface area contributed by atoms with E-state index in [9.17, 15) is 5.11 Å². The monoisotopic (exact) mass is 149 g/mol. The molecule has 1 rings (SSSR count). The molecule has 0 N–H and O–H groups in total. The SMILES string of the molecule is Cc1cc(C)cc(C(C)[O])c1. The Hall–Kier alpha value is -0.820. The zero-order valence-corrected chi connectivity index (χ0v) is 7.22. The molecule has 0 amide bonds. The van der Waals surface area contributed by atoms with Crippen molar-refractivity contribution in [2.45, 2.75) is 26.9 Å². The average Bonchev–Trinajstić information content (AvgIpc) is 1.85. The summed E-state index contributed by atoms with van der Waals surface area (Å²) in [5.41, 5.74) is 3.23. The van der Waals surface area contributed by atoms with Crippen LogP contribution in [0.1, 0.15) is 29.7 Å². The highest BCUT2D eigenvalue weighted by molar-refractivity contribution is 5.29. The average molecular weight is 149 g/mol. The highest BCUT2D eigenvalue weighted by atomic mass is 16.3. The number of hydrogen-bond donors (Lipinski definition) is 0. The lowest BCUT2D eigenvalue weighted by Crippen LogP contribution is -1.90. The Labute approximate surface area is 67.7 Å². The van der Waals surface area contributed by atoms with Gasteiger partial charge in [0.1, 0.15) is 6.10 Å². The molecule has 1 atom stereocenters. The number of rotatable bonds is 1. The van der Waals surface area contributed by atoms with E-state index < -0.39 is 6.10 Å². The summed E-state index contributed by atoms with van der Waals surface area (Å²) < 4.78 is 0. The van der Waals surface area contributed by atoms with Crippen molar-refractivity contribution in [2.75, 3.05) is 0 Å². The van der Waals surface area contributed by atoms with Crippen LogP contribution in [-0.4, -0.2) is 0 Å². The first-order chi connectivity index (χ1) is 5.09. The van der Waals surface area contributed by atoms with Gasteiger partial charge in [0.25, 0.3) is 0 Å². The maximum atomic E-state index is 11.0. The first kappa shape index (κ1) is 8.28. The number of benzene rings is 1. The fraction of sp³-hybridized carbons (Fsp3) is 0.400. The minimum absolute atomic E-state index is 0.603. The number of aryl methyl sites for hydroxylation is 2. The van der Waals surface area contributed by atoms with Crippen LogP contribution in [0.3, 0.4) is 0 Å². The molecular formula is C10H13O. The van der Waals surface area contributed by atoms with E-state index in [1.54, 1.807) is 6.92 Å². The fourth-order valence-electron chi connectivity index (χ4n) is 1.24. The molecule has 59 valence electrons. The topological polar surface area (TPSA) is 19.9 Å². The lowest BCUT2D eigenvalue weighted by Gasteiger charge is -2.04. The van der Waals surface area contributed by atoms with Crippen LogP contribution in [0.4, 0.5) is 0 Å². The summed E-state index contributed by atoms with van der Waals surface area (Å²) in [5.74, 6) is 0. The van der Waals surface area contributed by atoms with Gasteiger partial charge in [0.2, 0.25) is 0 Å². The van der Waals surface area contributed by atoms with Gasteiger partial charge >= 0.3 is 0 Å². The van der Waals surface area contributed by atoms with Crippen LogP contribution in [0.15, 0.2) is 18.2 Å². The normalized spacial score (nSPS) is 13.1. The van der Waals surface area contributed by atoms with Gasteiger partial charge in [-0.25, -0.2) is 5.11 Å². The smallest absolute Gasteiger partial charge is 0.115 e. The molecule has 0 aromatic heterocycles. The molecule has 1 radical (unpaired) electrons. The molecule has 0 saturated heterocycles. The Morgan fingerprint density at radius 2 is 1.55 bits per heavy atom. The standard InChI is InChI=1S/C10H13O/c1-7-4-8(2)6-10(5-7)9(3)11/h4-6,9H,1-3H3. The van der Waals surface area contributed by atoms with Crippen molar-refractivity contribution in [3.8, 4) is 0 Å². The summed E-state index contributed by atoms with van der Waals surface area (Å²) in [6, 6.07) is 5.97. The molecule has 1 nitrogen and oxygen atoms in total. The zero-order chi connectivity index (χ0) is 8.43. The Morgan fingerprint density at radius 3 is 1.91 bits per heavy atom. The highest BCUT2D eigenvalue weighted by Crippen LogP contribution is 2.16. The van der Waals surface area contributed by atoms with Crippen molar-refractivity contribution < 1.29 is 5.11 Å². The summed E-state index contributed by atoms with van der Waals surface area (Å²) in [6.07, 6.45) is -0.603. The van der Waals surface area contributed by atoms with E-state index in [0.29, 0.717) is 0 Å². The molecule has 0 aliphatic heterocycles. The summed E-state index contributed by atoms with van der Waals surface area (Å²) >= 11 is 0. The van der Waals surface area contributed by atoms with Crippen LogP contribution in [-0.2, 0) is 5.11 Å². The summed E-state index contributed by atoms with van der Waals surface area (Å²) in [5, 5.41) is 11.0. The van der Waals surface area contributed by atoms with Gasteiger partial charge in [-0.15, -0.1) is 0 Å². The molecule has 1 aromatic rings. The van der Waals surface area contributed by atoms with Crippen LogP contribution >= 0.6 is 0 Å². The third-order valence-electron chi connectivity index (χ3n) is 1.71. The Bertz CT molecular complexity index is 231. The highest BCUT2D eigenvalue weighted by Gasteiger charge is 2.02. The molecule has 1 aromatic carbocycles. The second kappa shape index (κ2) is 3.05. The van der Waals surface area contributed by atoms with Gasteiger partial charge in [0.05, 0.1) is 0 Å². The van der Waals surface area contributed by atoms with Gasteiger partial charge < -0.3 is 0 Å². The van der Waals surface area contributed by atoms with E-state index >= 15 is 0 Å². The van der Waals surface area contributed by atoms with Crippen molar-refractivity contribution in [1.82, 2.24) is 0 Å². The summed E-state index contributed by atoms with van der Waals surface area (Å²) in [7, 11) is 0. The quantitative estimate of drug-likeness (QED) is 0.585. The largest absolute Gasteiger partial charge is 0.228 e. The minimum atomic E-state index is -0.603. The molecule has 0 bridgehead atoms. The van der Waals surface area contributed by atoms with Gasteiger partial charge in [-0.1, -0.05) is 29.3 Å². The molecule has 0 heterocycles. The van der Waals surface area contributed by atoms with Crippen LogP contribution in [0, 0.1) is 13.8 Å². The van der Waals surface area contributed by atoms with E-state index in [4.69, 9.17) is 0 Å². The third kappa shape index (κ3) is 2.05. The third-order valence-corrected chi connectivity index (χ3v) is 1.71. The van der Waals surface area contributed by atoms with Crippen molar-refractivity contribution in [2.24, 2.45) is 0 Å². The van der Waals surface area contributed by atoms with E-state index in [1.807, 2.05) is 26.0 Å². The van der Waals surface area contributed by atoms with E-state index in [1.165, 1.54) is 11.1 Å². The van der Waals surface area contributed by atoms with Crippen molar-refractivity contribution in [3.63, 3.8) is 0 Å². The maximum absolute atomic E-state index is 11.0. The second-order valence-electron chi connectivity index (χ2n) is 3.06. The van der Waals surface area contributed by atoms with Crippen molar-refractivity contribution in [3.05, 3.63) is 34.9 Å². The molecule has 0 aliphatic carbocycles. The van der Waals surface area contributed by atoms with Gasteiger partial charge in [0.15, 0.2) is 0 Å². The lowest BCUT2D eigenvalue weighted by molar-refractivity contribution is 0.106. The molecular weight excluding hydrogens is 136 g/mol. The van der Waals surface area contributed by atoms with Crippen LogP contribution < -0.4 is 0 Å². The van der Waals surface area contributed by atoms with Crippen LogP contribution in [0.2, 0.25) is 0 Å². The van der Waals surface area contributed by atoms with E-state index in [-0.39, 0.29) is 0 Å². The predicted octanol–water partition coefficient (Wildman–Crippen LogP) is 2.79. The molecule has 0 aliphatic rings. The fourth-order valence-corrected chi connectivity index (χ4v) is 1.24. The number of hydrogen-bond acceptors (Lipinski definition) is 0. The Morgan fingerprint density at radius 1 is 1.09 bits per heavy atom. The Kier molecular flexibility index (Phi) is 2.30. The van der Waals surface area contributed by atoms with Gasteiger partial charge in [0, 0.05) is 0 Å². The second-order valence-corrected chi connectivity index (χ2v) is 3.06. The molecule has 0 spiro atoms. The van der Waals surface area contributed by atoms with Gasteiger partial charge in [-0.2, -0.15) is 0 Å². The Balaban J connectivity index is 3.08. The van der Waals surface area contributed by atoms with Gasteiger partial charge in [-0.3, -0.25) is 0 Å². The first-order valence-corrected chi connectivity index (χ1v) is 3.83. The van der Waals surface area contributed by atoms with Crippen molar-refractivity contribution >= 4 is 0 Å². The molecule has 0 fully saturated rings. The molecule has 1 unspecified atom stereocenters. The molecule has 1 heteroatoms. The van der Waals surface area contributed by atoms with Crippen LogP contribution in [0.25, 0.3) is 0 Å². The van der Waals surface area contributed by atoms with Crippen molar-refractivity contribution in [1.29, 1.82) is 0 Å². The minimum Gasteiger partial charge on any atom is -0.228 e. The molecule has 11 heavy (non-hydrogen) atoms. The van der Waals surface area contributed by atoms with Crippen LogP contribution in [0.5, 0.6) is 0 Å². The van der Waals surface area contributed by atoms with Gasteiger partial charge in [-0.05, 0) is 26.3 Å². The summed E-state index contributed by atoms with van der Waals surface area (Å²) in [4.78, 5) is 0. The lowest BCUT2D eigenvalue weighted by atomic mass is 10.0. The summed E-state index contributed by atoms with van der Waals surface area (Å²) in [6.45, 7) is 5.70. The maximum Gasteiger partial charge on any atom is 0.115 e. The first-order valence-electron chi connectivity index (χ1n) is 3.83. The zero-order valence-electron chi connectivity index (χ0n) is 7.22.